The minimum atomic E-state index is -0.279. The van der Waals surface area contributed by atoms with Gasteiger partial charge in [0.2, 0.25) is 0 Å². The smallest absolute Gasteiger partial charge is 0.123 e. The number of hydrogen-bond acceptors (Lipinski definition) is 2. The number of benzene rings is 3. The van der Waals surface area contributed by atoms with Crippen LogP contribution in [-0.2, 0) is 6.61 Å². The number of nitriles is 1. The third kappa shape index (κ3) is 4.66. The Bertz CT molecular complexity index is 999. The average molecular weight is 371 g/mol. The van der Waals surface area contributed by atoms with Gasteiger partial charge in [-0.3, -0.25) is 0 Å². The molecule has 3 aromatic rings. The zero-order valence-electron chi connectivity index (χ0n) is 16.0. The van der Waals surface area contributed by atoms with Gasteiger partial charge < -0.3 is 4.74 Å². The molecule has 0 spiro atoms. The summed E-state index contributed by atoms with van der Waals surface area (Å²) in [6.45, 7) is 4.68. The maximum Gasteiger partial charge on any atom is 0.123 e. The number of allylic oxidation sites excluding steroid dienone is 1. The predicted molar refractivity (Wildman–Crippen MR) is 111 cm³/mol. The van der Waals surface area contributed by atoms with Gasteiger partial charge in [-0.05, 0) is 64.1 Å². The molecule has 0 aliphatic rings. The minimum Gasteiger partial charge on any atom is -0.489 e. The molecule has 0 aliphatic heterocycles. The molecule has 3 aromatic carbocycles. The van der Waals surface area contributed by atoms with Gasteiger partial charge in [0.15, 0.2) is 0 Å². The van der Waals surface area contributed by atoms with Crippen LogP contribution in [0.2, 0.25) is 0 Å². The topological polar surface area (TPSA) is 33.0 Å². The molecule has 0 aliphatic carbocycles. The molecule has 28 heavy (non-hydrogen) atoms. The van der Waals surface area contributed by atoms with Crippen molar-refractivity contribution in [3.63, 3.8) is 0 Å². The van der Waals surface area contributed by atoms with E-state index in [0.29, 0.717) is 6.61 Å². The van der Waals surface area contributed by atoms with Gasteiger partial charge in [-0.2, -0.15) is 5.26 Å². The maximum atomic E-state index is 13.4. The first-order chi connectivity index (χ1) is 13.6. The second kappa shape index (κ2) is 9.01. The fourth-order valence-electron chi connectivity index (χ4n) is 3.12. The van der Waals surface area contributed by atoms with E-state index < -0.39 is 0 Å². The lowest BCUT2D eigenvalue weighted by Crippen LogP contribution is -2.00. The van der Waals surface area contributed by atoms with E-state index >= 15 is 0 Å². The van der Waals surface area contributed by atoms with Crippen LogP contribution in [0.4, 0.5) is 4.39 Å². The van der Waals surface area contributed by atoms with Crippen molar-refractivity contribution in [2.75, 3.05) is 0 Å². The highest BCUT2D eigenvalue weighted by atomic mass is 19.1. The van der Waals surface area contributed by atoms with Crippen molar-refractivity contribution in [3.8, 4) is 22.9 Å². The van der Waals surface area contributed by atoms with Crippen LogP contribution in [0.5, 0.6) is 5.75 Å². The Kier molecular flexibility index (Phi) is 6.24. The minimum absolute atomic E-state index is 0.234. The van der Waals surface area contributed by atoms with Crippen LogP contribution < -0.4 is 4.74 Å². The van der Waals surface area contributed by atoms with Crippen LogP contribution in [0.3, 0.4) is 0 Å². The molecule has 0 atom stereocenters. The Labute approximate surface area is 165 Å². The van der Waals surface area contributed by atoms with Crippen LogP contribution in [0.25, 0.3) is 17.2 Å². The number of hydrogen-bond donors (Lipinski definition) is 0. The number of rotatable bonds is 6. The first kappa shape index (κ1) is 19.4. The predicted octanol–water partition coefficient (Wildman–Crippen LogP) is 6.73. The zero-order chi connectivity index (χ0) is 19.9. The zero-order valence-corrected chi connectivity index (χ0v) is 16.0. The summed E-state index contributed by atoms with van der Waals surface area (Å²) in [6.07, 6.45) is 3.29. The summed E-state index contributed by atoms with van der Waals surface area (Å²) in [5.74, 6) is 0.706. The van der Waals surface area contributed by atoms with E-state index in [1.807, 2.05) is 48.5 Å². The molecule has 0 radical (unpaired) electrons. The van der Waals surface area contributed by atoms with Crippen molar-refractivity contribution in [3.05, 3.63) is 95.3 Å². The maximum absolute atomic E-state index is 13.4. The highest BCUT2D eigenvalue weighted by Crippen LogP contribution is 2.36. The van der Waals surface area contributed by atoms with Crippen LogP contribution in [0, 0.1) is 17.1 Å². The Morgan fingerprint density at radius 3 is 2.39 bits per heavy atom. The van der Waals surface area contributed by atoms with E-state index in [-0.39, 0.29) is 11.7 Å². The Hall–Kier alpha value is -3.38. The van der Waals surface area contributed by atoms with Crippen molar-refractivity contribution >= 4 is 6.08 Å². The SMILES string of the molecule is CC(C)c1cc(OCc2ccccc2)cc(-c2ccc(F)cc2)c1/C=C/C#N. The molecule has 0 saturated heterocycles. The lowest BCUT2D eigenvalue weighted by atomic mass is 9.89. The molecule has 3 heteroatoms. The fourth-order valence-corrected chi connectivity index (χ4v) is 3.12. The van der Waals surface area contributed by atoms with E-state index in [1.165, 1.54) is 18.2 Å². The molecule has 3 rings (SSSR count). The van der Waals surface area contributed by atoms with Gasteiger partial charge in [-0.15, -0.1) is 0 Å². The van der Waals surface area contributed by atoms with Crippen molar-refractivity contribution < 1.29 is 9.13 Å². The first-order valence-electron chi connectivity index (χ1n) is 9.25. The summed E-state index contributed by atoms with van der Waals surface area (Å²) in [6, 6.07) is 22.4. The normalized spacial score (nSPS) is 11.0. The third-order valence-electron chi connectivity index (χ3n) is 4.54. The van der Waals surface area contributed by atoms with Crippen molar-refractivity contribution in [2.45, 2.75) is 26.4 Å². The van der Waals surface area contributed by atoms with E-state index in [4.69, 9.17) is 10.00 Å². The van der Waals surface area contributed by atoms with Crippen LogP contribution in [0.1, 0.15) is 36.5 Å². The second-order valence-electron chi connectivity index (χ2n) is 6.87. The van der Waals surface area contributed by atoms with Crippen LogP contribution in [-0.4, -0.2) is 0 Å². The van der Waals surface area contributed by atoms with Gasteiger partial charge in [-0.25, -0.2) is 4.39 Å². The summed E-state index contributed by atoms with van der Waals surface area (Å²) in [4.78, 5) is 0. The molecular formula is C25H22FNO. The molecule has 0 fully saturated rings. The van der Waals surface area contributed by atoms with Crippen molar-refractivity contribution in [1.29, 1.82) is 5.26 Å². The summed E-state index contributed by atoms with van der Waals surface area (Å²) in [5.41, 5.74) is 4.92. The highest BCUT2D eigenvalue weighted by molar-refractivity contribution is 5.79. The van der Waals surface area contributed by atoms with E-state index in [9.17, 15) is 4.39 Å². The second-order valence-corrected chi connectivity index (χ2v) is 6.87. The van der Waals surface area contributed by atoms with Gasteiger partial charge in [0, 0.05) is 6.08 Å². The largest absolute Gasteiger partial charge is 0.489 e. The standard InChI is InChI=1S/C25H22FNO/c1-18(2)24-15-22(28-17-19-7-4-3-5-8-19)16-25(23(24)9-6-14-27)20-10-12-21(26)13-11-20/h3-13,15-16,18H,17H2,1-2H3/b9-6+. The summed E-state index contributed by atoms with van der Waals surface area (Å²) in [5, 5.41) is 9.01. The molecule has 0 amide bonds. The summed E-state index contributed by atoms with van der Waals surface area (Å²) >= 11 is 0. The van der Waals surface area contributed by atoms with Gasteiger partial charge >= 0.3 is 0 Å². The summed E-state index contributed by atoms with van der Waals surface area (Å²) in [7, 11) is 0. The monoisotopic (exact) mass is 371 g/mol. The lowest BCUT2D eigenvalue weighted by molar-refractivity contribution is 0.306. The lowest BCUT2D eigenvalue weighted by Gasteiger charge is -2.18. The molecule has 0 bridgehead atoms. The molecule has 140 valence electrons. The van der Waals surface area contributed by atoms with E-state index in [1.54, 1.807) is 12.1 Å². The summed E-state index contributed by atoms with van der Waals surface area (Å²) < 4.78 is 19.5. The molecule has 0 N–H and O–H groups in total. The van der Waals surface area contributed by atoms with Gasteiger partial charge in [0.05, 0.1) is 6.07 Å². The number of nitrogens with zero attached hydrogens (tertiary/aromatic N) is 1. The van der Waals surface area contributed by atoms with Gasteiger partial charge in [0.25, 0.3) is 0 Å². The third-order valence-corrected chi connectivity index (χ3v) is 4.54. The quantitative estimate of drug-likeness (QED) is 0.450. The van der Waals surface area contributed by atoms with Crippen LogP contribution in [0.15, 0.2) is 72.8 Å². The fraction of sp³-hybridized carbons (Fsp3) is 0.160. The van der Waals surface area contributed by atoms with Gasteiger partial charge in [-0.1, -0.05) is 56.3 Å². The van der Waals surface area contributed by atoms with Crippen LogP contribution >= 0.6 is 0 Å². The molecule has 0 aromatic heterocycles. The first-order valence-corrected chi connectivity index (χ1v) is 9.25. The van der Waals surface area contributed by atoms with E-state index in [2.05, 4.69) is 19.9 Å². The molecule has 2 nitrogen and oxygen atoms in total. The average Bonchev–Trinajstić information content (AvgIpc) is 2.72. The van der Waals surface area contributed by atoms with E-state index in [0.717, 1.165) is 33.6 Å². The Morgan fingerprint density at radius 1 is 1.04 bits per heavy atom. The number of ether oxygens (including phenoxy) is 1. The van der Waals surface area contributed by atoms with Crippen molar-refractivity contribution in [2.24, 2.45) is 0 Å². The number of halogens is 1. The molecule has 0 saturated carbocycles. The Balaban J connectivity index is 2.07. The highest BCUT2D eigenvalue weighted by Gasteiger charge is 2.14. The molecule has 0 unspecified atom stereocenters. The molecular weight excluding hydrogens is 349 g/mol. The Morgan fingerprint density at radius 2 is 1.75 bits per heavy atom. The van der Waals surface area contributed by atoms with Crippen molar-refractivity contribution in [1.82, 2.24) is 0 Å². The molecule has 0 heterocycles. The van der Waals surface area contributed by atoms with Gasteiger partial charge in [0.1, 0.15) is 18.2 Å².